The number of amides is 2. The molecule has 0 aliphatic carbocycles. The Morgan fingerprint density at radius 2 is 2.05 bits per heavy atom. The van der Waals surface area contributed by atoms with Gasteiger partial charge >= 0.3 is 6.03 Å². The Kier molecular flexibility index (Phi) is 5.50. The molecule has 7 nitrogen and oxygen atoms in total. The number of hydrogen-bond donors (Lipinski definition) is 3. The number of aromatic nitrogens is 2. The molecule has 0 aromatic carbocycles. The highest BCUT2D eigenvalue weighted by atomic mass is 16.5. The second kappa shape index (κ2) is 6.69. The van der Waals surface area contributed by atoms with E-state index in [4.69, 9.17) is 9.63 Å². The molecule has 1 heterocycles. The average Bonchev–Trinajstić information content (AvgIpc) is 2.83. The summed E-state index contributed by atoms with van der Waals surface area (Å²) in [4.78, 5) is 15.9. The largest absolute Gasteiger partial charge is 0.396 e. The number of rotatable bonds is 5. The van der Waals surface area contributed by atoms with Crippen molar-refractivity contribution in [2.24, 2.45) is 5.92 Å². The monoisotopic (exact) mass is 284 g/mol. The van der Waals surface area contributed by atoms with Crippen LogP contribution in [0.15, 0.2) is 4.52 Å². The molecule has 0 saturated carbocycles. The Morgan fingerprint density at radius 1 is 1.40 bits per heavy atom. The van der Waals surface area contributed by atoms with Crippen LogP contribution in [-0.2, 0) is 12.0 Å². The van der Waals surface area contributed by atoms with Gasteiger partial charge in [0.15, 0.2) is 5.82 Å². The van der Waals surface area contributed by atoms with Crippen LogP contribution < -0.4 is 10.6 Å². The van der Waals surface area contributed by atoms with Gasteiger partial charge in [-0.3, -0.25) is 0 Å². The fourth-order valence-electron chi connectivity index (χ4n) is 1.35. The van der Waals surface area contributed by atoms with Gasteiger partial charge in [-0.05, 0) is 12.8 Å². The standard InChI is InChI=1S/C13H24N4O3/c1-8(7-18)9(2)15-12(19)14-6-10-16-11(20-17-10)13(3,4)5/h8-9,18H,6-7H2,1-5H3,(H2,14,15,19). The molecule has 0 aliphatic heterocycles. The number of aliphatic hydroxyl groups excluding tert-OH is 1. The second-order valence-corrected chi connectivity index (χ2v) is 6.04. The molecule has 0 bridgehead atoms. The molecule has 20 heavy (non-hydrogen) atoms. The third-order valence-electron chi connectivity index (χ3n) is 3.02. The predicted molar refractivity (Wildman–Crippen MR) is 74.1 cm³/mol. The Labute approximate surface area is 119 Å². The first kappa shape index (κ1) is 16.4. The summed E-state index contributed by atoms with van der Waals surface area (Å²) in [5.74, 6) is 0.975. The third kappa shape index (κ3) is 4.80. The molecule has 0 saturated heterocycles. The Morgan fingerprint density at radius 3 is 2.55 bits per heavy atom. The number of hydrogen-bond acceptors (Lipinski definition) is 5. The number of aliphatic hydroxyl groups is 1. The fraction of sp³-hybridized carbons (Fsp3) is 0.769. The third-order valence-corrected chi connectivity index (χ3v) is 3.02. The van der Waals surface area contributed by atoms with Crippen LogP contribution in [0.4, 0.5) is 4.79 Å². The van der Waals surface area contributed by atoms with E-state index in [9.17, 15) is 4.79 Å². The summed E-state index contributed by atoms with van der Waals surface area (Å²) in [5, 5.41) is 18.2. The number of carbonyl (C=O) groups is 1. The highest BCUT2D eigenvalue weighted by Gasteiger charge is 2.22. The van der Waals surface area contributed by atoms with Crippen molar-refractivity contribution in [3.63, 3.8) is 0 Å². The maximum atomic E-state index is 11.7. The summed E-state index contributed by atoms with van der Waals surface area (Å²) < 4.78 is 5.13. The normalized spacial score (nSPS) is 14.7. The zero-order valence-corrected chi connectivity index (χ0v) is 12.7. The van der Waals surface area contributed by atoms with Gasteiger partial charge in [-0.2, -0.15) is 4.98 Å². The maximum absolute atomic E-state index is 11.7. The van der Waals surface area contributed by atoms with E-state index in [0.29, 0.717) is 11.7 Å². The van der Waals surface area contributed by atoms with Gasteiger partial charge in [0.2, 0.25) is 5.89 Å². The maximum Gasteiger partial charge on any atom is 0.315 e. The van der Waals surface area contributed by atoms with Gasteiger partial charge in [0.25, 0.3) is 0 Å². The van der Waals surface area contributed by atoms with Gasteiger partial charge in [-0.1, -0.05) is 32.9 Å². The van der Waals surface area contributed by atoms with E-state index < -0.39 is 0 Å². The van der Waals surface area contributed by atoms with Gasteiger partial charge in [0, 0.05) is 18.1 Å². The van der Waals surface area contributed by atoms with Crippen LogP contribution in [0.3, 0.4) is 0 Å². The predicted octanol–water partition coefficient (Wildman–Crippen LogP) is 1.18. The first-order valence-electron chi connectivity index (χ1n) is 6.72. The molecule has 0 radical (unpaired) electrons. The molecule has 2 atom stereocenters. The minimum atomic E-state index is -0.320. The number of carbonyl (C=O) groups excluding carboxylic acids is 1. The SMILES string of the molecule is CC(CO)C(C)NC(=O)NCc1noc(C(C)(C)C)n1. The second-order valence-electron chi connectivity index (χ2n) is 6.04. The Balaban J connectivity index is 2.43. The fourth-order valence-corrected chi connectivity index (χ4v) is 1.35. The summed E-state index contributed by atoms with van der Waals surface area (Å²) in [7, 11) is 0. The molecule has 3 N–H and O–H groups in total. The number of nitrogens with one attached hydrogen (secondary N) is 2. The summed E-state index contributed by atoms with van der Waals surface area (Å²) in [6.07, 6.45) is 0. The van der Waals surface area contributed by atoms with E-state index in [1.54, 1.807) is 0 Å². The minimum Gasteiger partial charge on any atom is -0.396 e. The number of urea groups is 1. The van der Waals surface area contributed by atoms with Crippen molar-refractivity contribution in [3.05, 3.63) is 11.7 Å². The van der Waals surface area contributed by atoms with Gasteiger partial charge in [0.1, 0.15) is 0 Å². The molecular weight excluding hydrogens is 260 g/mol. The van der Waals surface area contributed by atoms with Crippen molar-refractivity contribution in [3.8, 4) is 0 Å². The van der Waals surface area contributed by atoms with Crippen molar-refractivity contribution in [2.45, 2.75) is 52.6 Å². The smallest absolute Gasteiger partial charge is 0.315 e. The van der Waals surface area contributed by atoms with Crippen molar-refractivity contribution in [1.29, 1.82) is 0 Å². The molecule has 0 spiro atoms. The summed E-state index contributed by atoms with van der Waals surface area (Å²) in [6.45, 7) is 9.85. The molecule has 7 heteroatoms. The average molecular weight is 284 g/mol. The van der Waals surface area contributed by atoms with Crippen LogP contribution in [0, 0.1) is 5.92 Å². The van der Waals surface area contributed by atoms with E-state index in [2.05, 4.69) is 20.8 Å². The van der Waals surface area contributed by atoms with Crippen LogP contribution >= 0.6 is 0 Å². The van der Waals surface area contributed by atoms with Crippen molar-refractivity contribution < 1.29 is 14.4 Å². The minimum absolute atomic E-state index is 0.00146. The molecular formula is C13H24N4O3. The molecule has 2 unspecified atom stereocenters. The molecule has 114 valence electrons. The zero-order valence-electron chi connectivity index (χ0n) is 12.7. The first-order chi connectivity index (χ1) is 9.24. The molecule has 1 aromatic heterocycles. The lowest BCUT2D eigenvalue weighted by molar-refractivity contribution is 0.200. The lowest BCUT2D eigenvalue weighted by Gasteiger charge is -2.19. The molecule has 1 rings (SSSR count). The van der Waals surface area contributed by atoms with Gasteiger partial charge < -0.3 is 20.3 Å². The van der Waals surface area contributed by atoms with E-state index in [0.717, 1.165) is 0 Å². The van der Waals surface area contributed by atoms with Crippen molar-refractivity contribution in [1.82, 2.24) is 20.8 Å². The molecule has 2 amide bonds. The quantitative estimate of drug-likeness (QED) is 0.754. The first-order valence-corrected chi connectivity index (χ1v) is 6.72. The van der Waals surface area contributed by atoms with Crippen LogP contribution in [0.1, 0.15) is 46.3 Å². The van der Waals surface area contributed by atoms with Crippen LogP contribution in [0.5, 0.6) is 0 Å². The summed E-state index contributed by atoms with van der Waals surface area (Å²) in [5.41, 5.74) is -0.210. The Bertz CT molecular complexity index is 439. The van der Waals surface area contributed by atoms with Crippen molar-refractivity contribution >= 4 is 6.03 Å². The van der Waals surface area contributed by atoms with Gasteiger partial charge in [-0.25, -0.2) is 4.79 Å². The molecule has 1 aromatic rings. The summed E-state index contributed by atoms with van der Waals surface area (Å²) in [6, 6.07) is -0.435. The van der Waals surface area contributed by atoms with Gasteiger partial charge in [0.05, 0.1) is 6.54 Å². The van der Waals surface area contributed by atoms with E-state index in [1.807, 2.05) is 34.6 Å². The molecule has 0 aliphatic rings. The lowest BCUT2D eigenvalue weighted by atomic mass is 9.97. The van der Waals surface area contributed by atoms with Crippen LogP contribution in [-0.4, -0.2) is 33.9 Å². The highest BCUT2D eigenvalue weighted by Crippen LogP contribution is 2.19. The summed E-state index contributed by atoms with van der Waals surface area (Å²) >= 11 is 0. The van der Waals surface area contributed by atoms with E-state index in [1.165, 1.54) is 0 Å². The van der Waals surface area contributed by atoms with E-state index in [-0.39, 0.29) is 36.6 Å². The lowest BCUT2D eigenvalue weighted by Crippen LogP contribution is -2.44. The van der Waals surface area contributed by atoms with E-state index >= 15 is 0 Å². The van der Waals surface area contributed by atoms with Crippen LogP contribution in [0.25, 0.3) is 0 Å². The van der Waals surface area contributed by atoms with Crippen molar-refractivity contribution in [2.75, 3.05) is 6.61 Å². The highest BCUT2D eigenvalue weighted by molar-refractivity contribution is 5.74. The van der Waals surface area contributed by atoms with Gasteiger partial charge in [-0.15, -0.1) is 0 Å². The zero-order chi connectivity index (χ0) is 15.3. The molecule has 0 fully saturated rings. The van der Waals surface area contributed by atoms with Crippen LogP contribution in [0.2, 0.25) is 0 Å². The number of nitrogens with zero attached hydrogens (tertiary/aromatic N) is 2. The topological polar surface area (TPSA) is 100 Å². The Hall–Kier alpha value is -1.63.